The van der Waals surface area contributed by atoms with Crippen molar-refractivity contribution in [3.63, 3.8) is 0 Å². The summed E-state index contributed by atoms with van der Waals surface area (Å²) >= 11 is 0. The second kappa shape index (κ2) is 5.87. The Labute approximate surface area is 85.2 Å². The van der Waals surface area contributed by atoms with Gasteiger partial charge in [-0.1, -0.05) is 13.8 Å². The van der Waals surface area contributed by atoms with Gasteiger partial charge in [0.2, 0.25) is 0 Å². The highest BCUT2D eigenvalue weighted by Gasteiger charge is 2.24. The van der Waals surface area contributed by atoms with E-state index in [9.17, 15) is 0 Å². The molecule has 2 heteroatoms. The lowest BCUT2D eigenvalue weighted by molar-refractivity contribution is -0.930. The number of hydrogen-bond acceptors (Lipinski definition) is 1. The predicted octanol–water partition coefficient (Wildman–Crippen LogP) is 2.25. The molecule has 0 aromatic rings. The monoisotopic (exact) mass is 191 g/mol. The average Bonchev–Trinajstić information content (AvgIpc) is 1.86. The zero-order valence-corrected chi connectivity index (χ0v) is 10.4. The van der Waals surface area contributed by atoms with Gasteiger partial charge >= 0.3 is 0 Å². The second-order valence-electron chi connectivity index (χ2n) is 4.47. The Kier molecular flexibility index (Phi) is 7.25. The molecule has 76 valence electrons. The maximum atomic E-state index is 2.35. The molecule has 1 unspecified atom stereocenters. The van der Waals surface area contributed by atoms with Crippen LogP contribution in [0.3, 0.4) is 0 Å². The van der Waals surface area contributed by atoms with E-state index in [1.165, 1.54) is 17.6 Å². The van der Waals surface area contributed by atoms with Crippen LogP contribution in [0.15, 0.2) is 0 Å². The first-order valence-electron chi connectivity index (χ1n) is 4.76. The van der Waals surface area contributed by atoms with Crippen LogP contribution < -0.4 is 0 Å². The molecule has 0 aromatic carbocycles. The summed E-state index contributed by atoms with van der Waals surface area (Å²) in [6.45, 7) is 14.0. The summed E-state index contributed by atoms with van der Waals surface area (Å²) in [7, 11) is 2.35. The Morgan fingerprint density at radius 3 is 1.58 bits per heavy atom. The van der Waals surface area contributed by atoms with Crippen LogP contribution in [0.5, 0.6) is 0 Å². The van der Waals surface area contributed by atoms with E-state index in [4.69, 9.17) is 0 Å². The van der Waals surface area contributed by atoms with Crippen molar-refractivity contribution < 1.29 is 4.48 Å². The van der Waals surface area contributed by atoms with Crippen molar-refractivity contribution in [2.45, 2.75) is 40.7 Å². The molecule has 0 bridgehead atoms. The lowest BCUT2D eigenvalue weighted by Crippen LogP contribution is -2.51. The van der Waals surface area contributed by atoms with Gasteiger partial charge in [-0.05, 0) is 20.8 Å². The fraction of sp³-hybridized carbons (Fsp3) is 1.00. The summed E-state index contributed by atoms with van der Waals surface area (Å²) in [6, 6.07) is 0.752. The molecule has 1 atom stereocenters. The van der Waals surface area contributed by atoms with Gasteiger partial charge in [0.1, 0.15) is 0 Å². The van der Waals surface area contributed by atoms with E-state index < -0.39 is 0 Å². The first-order valence-corrected chi connectivity index (χ1v) is 4.76. The number of thiol groups is 1. The fourth-order valence-electron chi connectivity index (χ4n) is 1.54. The van der Waals surface area contributed by atoms with E-state index in [0.29, 0.717) is 0 Å². The number of hydrogen-bond donors (Lipinski definition) is 0. The van der Waals surface area contributed by atoms with Crippen LogP contribution in [-0.4, -0.2) is 30.7 Å². The smallest absolute Gasteiger partial charge is 0.0831 e. The Bertz CT molecular complexity index is 112. The maximum absolute atomic E-state index is 2.35. The molecule has 0 saturated heterocycles. The molecule has 0 aliphatic heterocycles. The van der Waals surface area contributed by atoms with E-state index in [-0.39, 0.29) is 13.5 Å². The molecule has 0 aromatic heterocycles. The van der Waals surface area contributed by atoms with Gasteiger partial charge in [0.25, 0.3) is 0 Å². The quantitative estimate of drug-likeness (QED) is 0.373. The number of rotatable bonds is 4. The van der Waals surface area contributed by atoms with E-state index in [1.54, 1.807) is 0 Å². The molecule has 12 heavy (non-hydrogen) atoms. The zero-order chi connectivity index (χ0) is 9.07. The molecule has 0 fully saturated rings. The lowest BCUT2D eigenvalue weighted by atomic mass is 10.1. The minimum atomic E-state index is 0. The van der Waals surface area contributed by atoms with Gasteiger partial charge in [-0.15, -0.1) is 0 Å². The average molecular weight is 191 g/mol. The summed E-state index contributed by atoms with van der Waals surface area (Å²) in [5.41, 5.74) is 0. The van der Waals surface area contributed by atoms with Gasteiger partial charge in [-0.25, -0.2) is 0 Å². The van der Waals surface area contributed by atoms with Crippen molar-refractivity contribution in [1.29, 1.82) is 0 Å². The molecule has 0 aliphatic carbocycles. The Balaban J connectivity index is 0. The summed E-state index contributed by atoms with van der Waals surface area (Å²) in [5.74, 6) is 0.808. The number of nitrogens with zero attached hydrogens (tertiary/aromatic N) is 1. The Morgan fingerprint density at radius 2 is 1.50 bits per heavy atom. The van der Waals surface area contributed by atoms with E-state index in [1.807, 2.05) is 0 Å². The predicted molar refractivity (Wildman–Crippen MR) is 60.3 cm³/mol. The lowest BCUT2D eigenvalue weighted by Gasteiger charge is -2.39. The highest BCUT2D eigenvalue weighted by Crippen LogP contribution is 2.12. The molecule has 0 N–H and O–H groups in total. The van der Waals surface area contributed by atoms with Gasteiger partial charge in [0.15, 0.2) is 0 Å². The minimum absolute atomic E-state index is 0. The van der Waals surface area contributed by atoms with Crippen molar-refractivity contribution in [2.24, 2.45) is 5.92 Å². The SMILES string of the molecule is CC[N+](C)(CC(C)C)C(C)C.[SH-]. The first kappa shape index (κ1) is 14.8. The number of quaternary nitrogens is 1. The van der Waals surface area contributed by atoms with Crippen LogP contribution in [0.1, 0.15) is 34.6 Å². The van der Waals surface area contributed by atoms with Crippen molar-refractivity contribution in [3.8, 4) is 0 Å². The van der Waals surface area contributed by atoms with Gasteiger partial charge in [0.05, 0.1) is 26.2 Å². The van der Waals surface area contributed by atoms with E-state index in [0.717, 1.165) is 12.0 Å². The van der Waals surface area contributed by atoms with Crippen LogP contribution in [-0.2, 0) is 13.5 Å². The van der Waals surface area contributed by atoms with Crippen LogP contribution in [0.2, 0.25) is 0 Å². The first-order chi connectivity index (χ1) is 4.92. The normalized spacial score (nSPS) is 16.0. The van der Waals surface area contributed by atoms with E-state index >= 15 is 0 Å². The third-order valence-electron chi connectivity index (χ3n) is 2.75. The summed E-state index contributed by atoms with van der Waals surface area (Å²) in [6.07, 6.45) is 0. The zero-order valence-electron chi connectivity index (χ0n) is 9.46. The van der Waals surface area contributed by atoms with Crippen molar-refractivity contribution in [1.82, 2.24) is 0 Å². The van der Waals surface area contributed by atoms with E-state index in [2.05, 4.69) is 41.7 Å². The summed E-state index contributed by atoms with van der Waals surface area (Å²) in [5, 5.41) is 0. The molecule has 0 amide bonds. The molecule has 0 aliphatic rings. The highest BCUT2D eigenvalue weighted by molar-refractivity contribution is 7.37. The second-order valence-corrected chi connectivity index (χ2v) is 4.47. The van der Waals surface area contributed by atoms with Gasteiger partial charge in [0, 0.05) is 5.92 Å². The molecule has 0 rings (SSSR count). The van der Waals surface area contributed by atoms with Gasteiger partial charge < -0.3 is 18.0 Å². The third kappa shape index (κ3) is 4.36. The molecule has 0 saturated carbocycles. The third-order valence-corrected chi connectivity index (χ3v) is 2.75. The van der Waals surface area contributed by atoms with Crippen molar-refractivity contribution in [3.05, 3.63) is 0 Å². The summed E-state index contributed by atoms with van der Waals surface area (Å²) in [4.78, 5) is 0. The van der Waals surface area contributed by atoms with Gasteiger partial charge in [-0.3, -0.25) is 0 Å². The largest absolute Gasteiger partial charge is 0.813 e. The van der Waals surface area contributed by atoms with Crippen LogP contribution >= 0.6 is 0 Å². The molecule has 0 heterocycles. The van der Waals surface area contributed by atoms with Gasteiger partial charge in [-0.2, -0.15) is 0 Å². The summed E-state index contributed by atoms with van der Waals surface area (Å²) < 4.78 is 1.21. The van der Waals surface area contributed by atoms with Crippen molar-refractivity contribution in [2.75, 3.05) is 20.1 Å². The fourth-order valence-corrected chi connectivity index (χ4v) is 1.54. The van der Waals surface area contributed by atoms with Crippen LogP contribution in [0.25, 0.3) is 0 Å². The molecule has 0 radical (unpaired) electrons. The van der Waals surface area contributed by atoms with Crippen LogP contribution in [0.4, 0.5) is 0 Å². The van der Waals surface area contributed by atoms with Crippen molar-refractivity contribution >= 4 is 13.5 Å². The Morgan fingerprint density at radius 1 is 1.08 bits per heavy atom. The molecular formula is C10H25NS. The molecule has 1 nitrogen and oxygen atoms in total. The highest BCUT2D eigenvalue weighted by atomic mass is 32.1. The molecule has 0 spiro atoms. The maximum Gasteiger partial charge on any atom is 0.0831 e. The Hall–Kier alpha value is 0.310. The topological polar surface area (TPSA) is 0 Å². The standard InChI is InChI=1S/C10H24N.H2S/c1-7-11(6,10(4)5)8-9(2)3;/h9-10H,7-8H2,1-6H3;1H2/q+1;/p-1. The van der Waals surface area contributed by atoms with Crippen LogP contribution in [0, 0.1) is 5.92 Å². The molecular weight excluding hydrogens is 166 g/mol. The minimum Gasteiger partial charge on any atom is -0.813 e.